The van der Waals surface area contributed by atoms with Crippen molar-refractivity contribution in [2.24, 2.45) is 5.92 Å². The molecule has 1 aromatic carbocycles. The first kappa shape index (κ1) is 23.6. The highest BCUT2D eigenvalue weighted by Gasteiger charge is 2.13. The molecular weight excluding hydrogens is 406 g/mol. The van der Waals surface area contributed by atoms with Gasteiger partial charge in [0.1, 0.15) is 5.76 Å². The third-order valence-corrected chi connectivity index (χ3v) is 3.75. The van der Waals surface area contributed by atoms with E-state index in [4.69, 9.17) is 14.0 Å². The maximum atomic E-state index is 12.1. The molecule has 0 aliphatic carbocycles. The number of carbonyl (C=O) groups is 4. The topological polar surface area (TPSA) is 137 Å². The zero-order valence-corrected chi connectivity index (χ0v) is 17.6. The normalized spacial score (nSPS) is 10.5. The highest BCUT2D eigenvalue weighted by atomic mass is 16.5. The molecule has 0 saturated carbocycles. The fraction of sp³-hybridized carbons (Fsp3) is 0.381. The van der Waals surface area contributed by atoms with Crippen molar-refractivity contribution < 1.29 is 33.2 Å². The lowest BCUT2D eigenvalue weighted by molar-refractivity contribution is -0.147. The molecule has 0 aliphatic rings. The van der Waals surface area contributed by atoms with Crippen LogP contribution in [0.5, 0.6) is 0 Å². The molecule has 2 amide bonds. The van der Waals surface area contributed by atoms with Gasteiger partial charge in [-0.25, -0.2) is 4.79 Å². The molecule has 0 radical (unpaired) electrons. The first-order valence-electron chi connectivity index (χ1n) is 9.68. The number of aromatic nitrogens is 1. The van der Waals surface area contributed by atoms with Gasteiger partial charge in [0.25, 0.3) is 5.91 Å². The predicted molar refractivity (Wildman–Crippen MR) is 110 cm³/mol. The monoisotopic (exact) mass is 431 g/mol. The summed E-state index contributed by atoms with van der Waals surface area (Å²) < 4.78 is 14.8. The number of anilines is 2. The van der Waals surface area contributed by atoms with Crippen LogP contribution in [0, 0.1) is 12.8 Å². The van der Waals surface area contributed by atoms with Crippen LogP contribution >= 0.6 is 0 Å². The smallest absolute Gasteiger partial charge is 0.338 e. The fourth-order valence-electron chi connectivity index (χ4n) is 2.31. The average Bonchev–Trinajstić information content (AvgIpc) is 3.13. The van der Waals surface area contributed by atoms with Crippen molar-refractivity contribution in [3.63, 3.8) is 0 Å². The van der Waals surface area contributed by atoms with Gasteiger partial charge in [-0.15, -0.1) is 0 Å². The molecule has 10 nitrogen and oxygen atoms in total. The maximum absolute atomic E-state index is 12.1. The van der Waals surface area contributed by atoms with Crippen molar-refractivity contribution in [1.82, 2.24) is 5.16 Å². The van der Waals surface area contributed by atoms with E-state index in [2.05, 4.69) is 15.8 Å². The number of hydrogen-bond acceptors (Lipinski definition) is 8. The van der Waals surface area contributed by atoms with Gasteiger partial charge >= 0.3 is 11.9 Å². The van der Waals surface area contributed by atoms with Gasteiger partial charge in [-0.2, -0.15) is 0 Å². The van der Waals surface area contributed by atoms with Crippen molar-refractivity contribution in [3.05, 3.63) is 41.7 Å². The van der Waals surface area contributed by atoms with Crippen LogP contribution in [0.2, 0.25) is 0 Å². The van der Waals surface area contributed by atoms with Crippen molar-refractivity contribution in [2.45, 2.75) is 33.6 Å². The molecule has 0 saturated heterocycles. The zero-order chi connectivity index (χ0) is 22.8. The van der Waals surface area contributed by atoms with Gasteiger partial charge in [0.05, 0.1) is 18.6 Å². The van der Waals surface area contributed by atoms with E-state index in [9.17, 15) is 19.2 Å². The van der Waals surface area contributed by atoms with Gasteiger partial charge in [0.15, 0.2) is 12.4 Å². The van der Waals surface area contributed by atoms with Gasteiger partial charge in [-0.05, 0) is 31.0 Å². The predicted octanol–water partition coefficient (Wildman–Crippen LogP) is 2.70. The SMILES string of the molecule is Cc1cc(NC(=O)COC(=O)CCC(=O)Nc2cccc(C(=O)OCC(C)C)c2)no1. The van der Waals surface area contributed by atoms with E-state index in [0.717, 1.165) is 0 Å². The maximum Gasteiger partial charge on any atom is 0.338 e. The summed E-state index contributed by atoms with van der Waals surface area (Å²) in [5, 5.41) is 8.60. The van der Waals surface area contributed by atoms with E-state index in [1.54, 1.807) is 25.1 Å². The third-order valence-electron chi connectivity index (χ3n) is 3.75. The van der Waals surface area contributed by atoms with Crippen LogP contribution in [0.15, 0.2) is 34.9 Å². The summed E-state index contributed by atoms with van der Waals surface area (Å²) in [5.41, 5.74) is 0.714. The molecule has 166 valence electrons. The number of aryl methyl sites for hydroxylation is 1. The minimum absolute atomic E-state index is 0.148. The Hall–Kier alpha value is -3.69. The first-order valence-corrected chi connectivity index (χ1v) is 9.68. The molecule has 0 bridgehead atoms. The lowest BCUT2D eigenvalue weighted by atomic mass is 10.2. The summed E-state index contributed by atoms with van der Waals surface area (Å²) in [4.78, 5) is 47.5. The molecule has 0 fully saturated rings. The summed E-state index contributed by atoms with van der Waals surface area (Å²) in [5.74, 6) is -1.24. The molecule has 2 rings (SSSR count). The molecule has 0 aliphatic heterocycles. The Morgan fingerprint density at radius 3 is 2.48 bits per heavy atom. The Bertz CT molecular complexity index is 937. The van der Waals surface area contributed by atoms with Crippen molar-refractivity contribution >= 4 is 35.3 Å². The highest BCUT2D eigenvalue weighted by molar-refractivity contribution is 5.96. The second-order valence-corrected chi connectivity index (χ2v) is 7.15. The minimum atomic E-state index is -0.701. The minimum Gasteiger partial charge on any atom is -0.462 e. The number of nitrogens with one attached hydrogen (secondary N) is 2. The first-order chi connectivity index (χ1) is 14.7. The van der Waals surface area contributed by atoms with Gasteiger partial charge in [0.2, 0.25) is 5.91 Å². The number of hydrogen-bond donors (Lipinski definition) is 2. The van der Waals surface area contributed by atoms with Crippen LogP contribution in [0.1, 0.15) is 42.8 Å². The molecule has 0 unspecified atom stereocenters. The number of rotatable bonds is 10. The summed E-state index contributed by atoms with van der Waals surface area (Å²) >= 11 is 0. The summed E-state index contributed by atoms with van der Waals surface area (Å²) in [6.07, 6.45) is -0.358. The van der Waals surface area contributed by atoms with E-state index >= 15 is 0 Å². The molecule has 1 aromatic heterocycles. The molecule has 1 heterocycles. The van der Waals surface area contributed by atoms with Gasteiger partial charge < -0.3 is 24.6 Å². The number of ether oxygens (including phenoxy) is 2. The molecule has 2 N–H and O–H groups in total. The largest absolute Gasteiger partial charge is 0.462 e. The summed E-state index contributed by atoms with van der Waals surface area (Å²) in [7, 11) is 0. The standard InChI is InChI=1S/C21H25N3O7/c1-13(2)11-30-21(28)15-5-4-6-16(10-15)22-18(25)7-8-20(27)29-12-19(26)23-17-9-14(3)31-24-17/h4-6,9-10,13H,7-8,11-12H2,1-3H3,(H,22,25)(H,23,24,26). The van der Waals surface area contributed by atoms with Gasteiger partial charge in [-0.3, -0.25) is 14.4 Å². The number of esters is 2. The van der Waals surface area contributed by atoms with Crippen molar-refractivity contribution in [2.75, 3.05) is 23.8 Å². The Balaban J connectivity index is 1.72. The number of carbonyl (C=O) groups excluding carboxylic acids is 4. The van der Waals surface area contributed by atoms with Crippen LogP contribution in [0.3, 0.4) is 0 Å². The fourth-order valence-corrected chi connectivity index (χ4v) is 2.31. The average molecular weight is 431 g/mol. The molecule has 2 aromatic rings. The Kier molecular flexibility index (Phi) is 8.74. The van der Waals surface area contributed by atoms with Crippen molar-refractivity contribution in [1.29, 1.82) is 0 Å². The van der Waals surface area contributed by atoms with Gasteiger partial charge in [0, 0.05) is 18.2 Å². The molecule has 0 spiro atoms. The van der Waals surface area contributed by atoms with Crippen LogP contribution in [0.25, 0.3) is 0 Å². The van der Waals surface area contributed by atoms with Crippen LogP contribution < -0.4 is 10.6 Å². The lowest BCUT2D eigenvalue weighted by Crippen LogP contribution is -2.22. The zero-order valence-electron chi connectivity index (χ0n) is 17.6. The molecule has 0 atom stereocenters. The molecule has 10 heteroatoms. The van der Waals surface area contributed by atoms with Gasteiger partial charge in [-0.1, -0.05) is 25.1 Å². The van der Waals surface area contributed by atoms with Crippen LogP contribution in [-0.2, 0) is 23.9 Å². The van der Waals surface area contributed by atoms with Crippen molar-refractivity contribution in [3.8, 4) is 0 Å². The lowest BCUT2D eigenvalue weighted by Gasteiger charge is -2.09. The van der Waals surface area contributed by atoms with E-state index in [1.807, 2.05) is 13.8 Å². The van der Waals surface area contributed by atoms with E-state index < -0.39 is 30.4 Å². The Morgan fingerprint density at radius 2 is 1.81 bits per heavy atom. The van der Waals surface area contributed by atoms with Crippen LogP contribution in [0.4, 0.5) is 11.5 Å². The van der Waals surface area contributed by atoms with E-state index in [1.165, 1.54) is 12.1 Å². The molecular formula is C21H25N3O7. The van der Waals surface area contributed by atoms with Crippen LogP contribution in [-0.4, -0.2) is 42.1 Å². The summed E-state index contributed by atoms with van der Waals surface area (Å²) in [6, 6.07) is 7.83. The highest BCUT2D eigenvalue weighted by Crippen LogP contribution is 2.13. The number of benzene rings is 1. The third kappa shape index (κ3) is 8.69. The van der Waals surface area contributed by atoms with E-state index in [-0.39, 0.29) is 24.6 Å². The van der Waals surface area contributed by atoms with E-state index in [0.29, 0.717) is 23.6 Å². The Labute approximate surface area is 179 Å². The number of nitrogens with zero attached hydrogens (tertiary/aromatic N) is 1. The quantitative estimate of drug-likeness (QED) is 0.548. The summed E-state index contributed by atoms with van der Waals surface area (Å²) in [6.45, 7) is 5.32. The Morgan fingerprint density at radius 1 is 1.03 bits per heavy atom. The second kappa shape index (κ2) is 11.5. The molecule has 31 heavy (non-hydrogen) atoms. The second-order valence-electron chi connectivity index (χ2n) is 7.15. The number of amides is 2.